The smallest absolute Gasteiger partial charge is 0.261 e. The quantitative estimate of drug-likeness (QED) is 0.492. The minimum absolute atomic E-state index is 0.190. The van der Waals surface area contributed by atoms with Gasteiger partial charge in [0.1, 0.15) is 17.7 Å². The lowest BCUT2D eigenvalue weighted by atomic mass is 9.99. The Bertz CT molecular complexity index is 506. The fraction of sp³-hybridized carbons (Fsp3) is 0.182. The molecule has 5 heteroatoms. The summed E-state index contributed by atoms with van der Waals surface area (Å²) in [5.74, 6) is -0.847. The Morgan fingerprint density at radius 3 is 2.50 bits per heavy atom. The van der Waals surface area contributed by atoms with E-state index in [0.29, 0.717) is 5.57 Å². The van der Waals surface area contributed by atoms with E-state index in [0.717, 1.165) is 5.70 Å². The van der Waals surface area contributed by atoms with E-state index in [4.69, 9.17) is 16.3 Å². The van der Waals surface area contributed by atoms with Crippen LogP contribution in [0.3, 0.4) is 0 Å². The van der Waals surface area contributed by atoms with Crippen molar-refractivity contribution in [2.24, 2.45) is 5.73 Å². The third-order valence-electron chi connectivity index (χ3n) is 2.12. The third-order valence-corrected chi connectivity index (χ3v) is 2.12. The van der Waals surface area contributed by atoms with Crippen molar-refractivity contribution in [2.45, 2.75) is 13.8 Å². The molecule has 1 rings (SSSR count). The Morgan fingerprint density at radius 2 is 2.06 bits per heavy atom. The number of nitrogens with zero attached hydrogens (tertiary/aromatic N) is 2. The van der Waals surface area contributed by atoms with E-state index < -0.39 is 5.91 Å². The Labute approximate surface area is 93.2 Å². The number of nitriles is 2. The molecule has 0 aromatic rings. The van der Waals surface area contributed by atoms with Crippen LogP contribution in [-0.2, 0) is 4.79 Å². The number of hydrogen-bond donors (Lipinski definition) is 2. The molecule has 16 heavy (non-hydrogen) atoms. The van der Waals surface area contributed by atoms with Crippen LogP contribution in [-0.4, -0.2) is 5.91 Å². The number of dihydropyridines is 1. The average Bonchev–Trinajstić information content (AvgIpc) is 2.17. The second-order valence-corrected chi connectivity index (χ2v) is 3.35. The zero-order valence-corrected chi connectivity index (χ0v) is 8.96. The molecule has 1 aliphatic heterocycles. The Morgan fingerprint density at radius 1 is 1.44 bits per heavy atom. The molecule has 1 heterocycles. The van der Waals surface area contributed by atoms with Crippen molar-refractivity contribution in [3.63, 3.8) is 0 Å². The molecule has 1 aliphatic rings. The molecule has 3 N–H and O–H groups in total. The lowest BCUT2D eigenvalue weighted by molar-refractivity contribution is -0.114. The first-order valence-electron chi connectivity index (χ1n) is 4.52. The van der Waals surface area contributed by atoms with Gasteiger partial charge < -0.3 is 11.1 Å². The van der Waals surface area contributed by atoms with Crippen LogP contribution in [0.5, 0.6) is 0 Å². The molecule has 0 saturated heterocycles. The highest BCUT2D eigenvalue weighted by Crippen LogP contribution is 2.22. The standard InChI is InChI=1S/C11H10N4O/c1-6-3-7(2)15-10(8(6)4-12)9(5-13)11(14)16/h3,15H,1-2H3,(H2,14,16)/b10-9+. The van der Waals surface area contributed by atoms with Gasteiger partial charge in [-0.25, -0.2) is 0 Å². The van der Waals surface area contributed by atoms with E-state index >= 15 is 0 Å². The van der Waals surface area contributed by atoms with E-state index in [-0.39, 0.29) is 16.8 Å². The summed E-state index contributed by atoms with van der Waals surface area (Å²) >= 11 is 0. The summed E-state index contributed by atoms with van der Waals surface area (Å²) in [4.78, 5) is 11.1. The monoisotopic (exact) mass is 214 g/mol. The van der Waals surface area contributed by atoms with Crippen molar-refractivity contribution in [3.8, 4) is 12.1 Å². The summed E-state index contributed by atoms with van der Waals surface area (Å²) in [6.07, 6.45) is 1.76. The van der Waals surface area contributed by atoms with Crippen LogP contribution in [0.15, 0.2) is 34.2 Å². The van der Waals surface area contributed by atoms with Gasteiger partial charge in [0.15, 0.2) is 0 Å². The summed E-state index contributed by atoms with van der Waals surface area (Å²) in [6.45, 7) is 3.51. The Balaban J connectivity index is 3.50. The largest absolute Gasteiger partial charge is 0.365 e. The molecular formula is C11H10N4O. The third kappa shape index (κ3) is 1.94. The highest BCUT2D eigenvalue weighted by molar-refractivity contribution is 5.98. The van der Waals surface area contributed by atoms with Gasteiger partial charge in [0.2, 0.25) is 0 Å². The van der Waals surface area contributed by atoms with Crippen LogP contribution < -0.4 is 11.1 Å². The number of carbonyl (C=O) groups excluding carboxylic acids is 1. The van der Waals surface area contributed by atoms with E-state index in [2.05, 4.69) is 5.32 Å². The minimum atomic E-state index is -0.847. The number of nitrogens with one attached hydrogen (secondary N) is 1. The lowest BCUT2D eigenvalue weighted by Crippen LogP contribution is -2.24. The molecule has 0 bridgehead atoms. The van der Waals surface area contributed by atoms with Crippen molar-refractivity contribution in [2.75, 3.05) is 0 Å². The Hall–Kier alpha value is -2.53. The number of hydrogen-bond acceptors (Lipinski definition) is 4. The van der Waals surface area contributed by atoms with Crippen LogP contribution >= 0.6 is 0 Å². The van der Waals surface area contributed by atoms with Crippen molar-refractivity contribution in [1.82, 2.24) is 5.32 Å². The molecule has 0 aromatic carbocycles. The maximum atomic E-state index is 11.1. The maximum absolute atomic E-state index is 11.1. The van der Waals surface area contributed by atoms with E-state index in [1.807, 2.05) is 6.07 Å². The second-order valence-electron chi connectivity index (χ2n) is 3.35. The zero-order chi connectivity index (χ0) is 12.3. The highest BCUT2D eigenvalue weighted by atomic mass is 16.1. The molecule has 1 amide bonds. The molecule has 5 nitrogen and oxygen atoms in total. The fourth-order valence-corrected chi connectivity index (χ4v) is 1.46. The molecule has 0 unspecified atom stereocenters. The maximum Gasteiger partial charge on any atom is 0.261 e. The summed E-state index contributed by atoms with van der Waals surface area (Å²) in [5, 5.41) is 20.6. The van der Waals surface area contributed by atoms with Crippen molar-refractivity contribution >= 4 is 5.91 Å². The number of nitrogens with two attached hydrogens (primary N) is 1. The van der Waals surface area contributed by atoms with Crippen LogP contribution in [0.2, 0.25) is 0 Å². The predicted molar refractivity (Wildman–Crippen MR) is 57.0 cm³/mol. The molecule has 80 valence electrons. The molecular weight excluding hydrogens is 204 g/mol. The van der Waals surface area contributed by atoms with E-state index in [9.17, 15) is 4.79 Å². The lowest BCUT2D eigenvalue weighted by Gasteiger charge is -2.18. The molecule has 0 radical (unpaired) electrons. The van der Waals surface area contributed by atoms with Gasteiger partial charge >= 0.3 is 0 Å². The normalized spacial score (nSPS) is 17.9. The molecule has 0 fully saturated rings. The van der Waals surface area contributed by atoms with Crippen LogP contribution in [0.1, 0.15) is 13.8 Å². The summed E-state index contributed by atoms with van der Waals surface area (Å²) in [6, 6.07) is 3.66. The SMILES string of the molecule is CC1=CC(C)=C(C#N)/C(=C(/C#N)C(N)=O)N1. The zero-order valence-electron chi connectivity index (χ0n) is 8.96. The van der Waals surface area contributed by atoms with Crippen molar-refractivity contribution in [1.29, 1.82) is 10.5 Å². The first kappa shape index (κ1) is 11.5. The van der Waals surface area contributed by atoms with Gasteiger partial charge in [-0.3, -0.25) is 4.79 Å². The first-order chi connectivity index (χ1) is 7.51. The van der Waals surface area contributed by atoms with Gasteiger partial charge in [0.25, 0.3) is 5.91 Å². The average molecular weight is 214 g/mol. The molecule has 0 aromatic heterocycles. The topological polar surface area (TPSA) is 103 Å². The predicted octanol–water partition coefficient (Wildman–Crippen LogP) is 0.596. The highest BCUT2D eigenvalue weighted by Gasteiger charge is 2.20. The number of carbonyl (C=O) groups is 1. The summed E-state index contributed by atoms with van der Waals surface area (Å²) in [5.41, 5.74) is 6.74. The van der Waals surface area contributed by atoms with Crippen LogP contribution in [0.4, 0.5) is 0 Å². The van der Waals surface area contributed by atoms with E-state index in [1.165, 1.54) is 0 Å². The van der Waals surface area contributed by atoms with Gasteiger partial charge in [-0.1, -0.05) is 0 Å². The van der Waals surface area contributed by atoms with Gasteiger partial charge in [-0.2, -0.15) is 10.5 Å². The Kier molecular flexibility index (Phi) is 3.12. The van der Waals surface area contributed by atoms with E-state index in [1.54, 1.807) is 26.0 Å². The second kappa shape index (κ2) is 4.33. The summed E-state index contributed by atoms with van der Waals surface area (Å²) in [7, 11) is 0. The van der Waals surface area contributed by atoms with Gasteiger partial charge in [0.05, 0.1) is 11.3 Å². The number of rotatable bonds is 1. The number of allylic oxidation sites excluding steroid dienone is 4. The van der Waals surface area contributed by atoms with Crippen molar-refractivity contribution < 1.29 is 4.79 Å². The molecule has 0 aliphatic carbocycles. The van der Waals surface area contributed by atoms with Crippen LogP contribution in [0, 0.1) is 22.7 Å². The van der Waals surface area contributed by atoms with Gasteiger partial charge in [-0.05, 0) is 25.5 Å². The van der Waals surface area contributed by atoms with Gasteiger partial charge in [0, 0.05) is 5.70 Å². The fourth-order valence-electron chi connectivity index (χ4n) is 1.46. The molecule has 0 atom stereocenters. The molecule has 0 saturated carbocycles. The number of amides is 1. The minimum Gasteiger partial charge on any atom is -0.365 e. The number of primary amides is 1. The first-order valence-corrected chi connectivity index (χ1v) is 4.52. The van der Waals surface area contributed by atoms with Gasteiger partial charge in [-0.15, -0.1) is 0 Å². The van der Waals surface area contributed by atoms with Crippen LogP contribution in [0.25, 0.3) is 0 Å². The van der Waals surface area contributed by atoms with Crippen molar-refractivity contribution in [3.05, 3.63) is 34.2 Å². The molecule has 0 spiro atoms. The summed E-state index contributed by atoms with van der Waals surface area (Å²) < 4.78 is 0.